The lowest BCUT2D eigenvalue weighted by Gasteiger charge is -2.70. The number of aliphatic hydroxyl groups excluding tert-OH is 1. The zero-order valence-corrected chi connectivity index (χ0v) is 25.1. The van der Waals surface area contributed by atoms with Crippen LogP contribution in [0.15, 0.2) is 30.3 Å². The predicted octanol–water partition coefficient (Wildman–Crippen LogP) is 1.11. The van der Waals surface area contributed by atoms with Crippen molar-refractivity contribution in [3.8, 4) is 0 Å². The maximum absolute atomic E-state index is 13.5. The van der Waals surface area contributed by atoms with Gasteiger partial charge in [-0.2, -0.15) is 0 Å². The van der Waals surface area contributed by atoms with Gasteiger partial charge in [-0.3, -0.25) is 4.90 Å². The standard InChI is InChI=1S/C32H45NO9/c1-6-33-15-29(16-38-2)19(34)12-20(39-3)32-18-13-30(36)21(40-4)14-31(37,23(26(32)33)24(41-5)25(29)32)22(18)27(30)42-28(35)17-10-8-7-9-11-17/h7-11,18-27,34,36-37H,6,12-16H2,1-5H3/t18-,19?,20+,21+,22-,23?,24+,25-,26?,27-,29+,30?,31-,32?/m1/s1. The number of piperidine rings is 1. The van der Waals surface area contributed by atoms with Crippen molar-refractivity contribution in [3.63, 3.8) is 0 Å². The Kier molecular flexibility index (Phi) is 6.71. The monoisotopic (exact) mass is 587 g/mol. The van der Waals surface area contributed by atoms with Crippen molar-refractivity contribution in [2.45, 2.75) is 73.9 Å². The van der Waals surface area contributed by atoms with Crippen LogP contribution in [0.3, 0.4) is 0 Å². The summed E-state index contributed by atoms with van der Waals surface area (Å²) in [5.41, 5.74) is -3.77. The molecule has 3 N–H and O–H groups in total. The number of aliphatic hydroxyl groups is 3. The van der Waals surface area contributed by atoms with Gasteiger partial charge in [0.25, 0.3) is 0 Å². The van der Waals surface area contributed by atoms with Gasteiger partial charge in [0.15, 0.2) is 0 Å². The third-order valence-electron chi connectivity index (χ3n) is 12.8. The molecule has 1 spiro atoms. The molecule has 1 saturated heterocycles. The maximum atomic E-state index is 13.5. The van der Waals surface area contributed by atoms with Gasteiger partial charge >= 0.3 is 5.97 Å². The first-order valence-electron chi connectivity index (χ1n) is 15.3. The summed E-state index contributed by atoms with van der Waals surface area (Å²) in [4.78, 5) is 15.9. The molecule has 42 heavy (non-hydrogen) atoms. The van der Waals surface area contributed by atoms with Crippen LogP contribution in [-0.2, 0) is 23.7 Å². The molecule has 0 aromatic heterocycles. The molecule has 232 valence electrons. The summed E-state index contributed by atoms with van der Waals surface area (Å²) in [7, 11) is 6.60. The third kappa shape index (κ3) is 3.20. The van der Waals surface area contributed by atoms with Crippen LogP contribution in [0.2, 0.25) is 0 Å². The van der Waals surface area contributed by atoms with E-state index in [4.69, 9.17) is 23.7 Å². The minimum Gasteiger partial charge on any atom is -0.455 e. The van der Waals surface area contributed by atoms with E-state index < -0.39 is 64.3 Å². The van der Waals surface area contributed by atoms with Gasteiger partial charge in [-0.1, -0.05) is 25.1 Å². The van der Waals surface area contributed by atoms with E-state index in [0.29, 0.717) is 31.7 Å². The van der Waals surface area contributed by atoms with Crippen molar-refractivity contribution >= 4 is 5.97 Å². The maximum Gasteiger partial charge on any atom is 0.338 e. The van der Waals surface area contributed by atoms with Crippen LogP contribution in [0.5, 0.6) is 0 Å². The Bertz CT molecular complexity index is 1220. The van der Waals surface area contributed by atoms with Crippen molar-refractivity contribution in [1.82, 2.24) is 4.90 Å². The van der Waals surface area contributed by atoms with Gasteiger partial charge < -0.3 is 39.0 Å². The Morgan fingerprint density at radius 3 is 2.31 bits per heavy atom. The summed E-state index contributed by atoms with van der Waals surface area (Å²) in [6, 6.07) is 8.63. The van der Waals surface area contributed by atoms with Crippen LogP contribution < -0.4 is 0 Å². The summed E-state index contributed by atoms with van der Waals surface area (Å²) >= 11 is 0. The summed E-state index contributed by atoms with van der Waals surface area (Å²) in [5.74, 6) is -2.02. The number of hydrogen-bond acceptors (Lipinski definition) is 10. The number of benzene rings is 1. The van der Waals surface area contributed by atoms with Crippen LogP contribution in [0.4, 0.5) is 0 Å². The fraction of sp³-hybridized carbons (Fsp3) is 0.781. The zero-order valence-electron chi connectivity index (χ0n) is 25.1. The molecule has 0 amide bonds. The van der Waals surface area contributed by atoms with Crippen molar-refractivity contribution in [1.29, 1.82) is 0 Å². The number of carbonyl (C=O) groups is 1. The van der Waals surface area contributed by atoms with Gasteiger partial charge in [0.2, 0.25) is 0 Å². The molecule has 5 aliphatic carbocycles. The molecule has 5 saturated carbocycles. The highest BCUT2D eigenvalue weighted by atomic mass is 16.6. The van der Waals surface area contributed by atoms with E-state index in [1.54, 1.807) is 52.7 Å². The lowest BCUT2D eigenvalue weighted by atomic mass is 9.42. The van der Waals surface area contributed by atoms with Crippen molar-refractivity contribution in [3.05, 3.63) is 35.9 Å². The molecule has 5 unspecified atom stereocenters. The Hall–Kier alpha value is -1.63. The van der Waals surface area contributed by atoms with Gasteiger partial charge in [-0.25, -0.2) is 4.79 Å². The highest BCUT2D eigenvalue weighted by Gasteiger charge is 2.89. The van der Waals surface area contributed by atoms with Crippen LogP contribution in [0, 0.1) is 34.5 Å². The van der Waals surface area contributed by atoms with Crippen LogP contribution in [0.1, 0.15) is 36.5 Å². The van der Waals surface area contributed by atoms with Crippen molar-refractivity contribution < 1.29 is 43.8 Å². The molecule has 7 rings (SSSR count). The number of esters is 1. The van der Waals surface area contributed by atoms with Crippen LogP contribution >= 0.6 is 0 Å². The summed E-state index contributed by atoms with van der Waals surface area (Å²) in [5, 5.41) is 37.6. The van der Waals surface area contributed by atoms with E-state index in [2.05, 4.69) is 11.8 Å². The highest BCUT2D eigenvalue weighted by molar-refractivity contribution is 5.89. The van der Waals surface area contributed by atoms with Gasteiger partial charge in [-0.15, -0.1) is 0 Å². The van der Waals surface area contributed by atoms with Crippen LogP contribution in [0.25, 0.3) is 0 Å². The molecular formula is C32H45NO9. The zero-order chi connectivity index (χ0) is 29.8. The summed E-state index contributed by atoms with van der Waals surface area (Å²) in [6.45, 7) is 3.76. The smallest absolute Gasteiger partial charge is 0.338 e. The van der Waals surface area contributed by atoms with E-state index in [9.17, 15) is 20.1 Å². The van der Waals surface area contributed by atoms with Crippen molar-refractivity contribution in [2.24, 2.45) is 34.5 Å². The SMILES string of the molecule is CCN1C[C@]2(COC)C(O)C[C@H](OC)C34C1C([C@H](OC)[C@@H]32)[C@@]1(O)C[C@H](OC)C2(O)C[C@@H]4[C@@H]1[C@H]2OC(=O)c1ccccc1. The molecule has 10 heteroatoms. The largest absolute Gasteiger partial charge is 0.455 e. The van der Waals surface area contributed by atoms with E-state index in [1.165, 1.54) is 0 Å². The van der Waals surface area contributed by atoms with Gasteiger partial charge in [0, 0.05) is 82.5 Å². The fourth-order valence-corrected chi connectivity index (χ4v) is 11.8. The van der Waals surface area contributed by atoms with Crippen molar-refractivity contribution in [2.75, 3.05) is 48.1 Å². The second kappa shape index (κ2) is 9.68. The fourth-order valence-electron chi connectivity index (χ4n) is 11.8. The quantitative estimate of drug-likeness (QED) is 0.381. The number of likely N-dealkylation sites (tertiary alicyclic amines) is 1. The number of rotatable bonds is 8. The minimum atomic E-state index is -1.51. The minimum absolute atomic E-state index is 0.130. The number of nitrogens with zero attached hydrogens (tertiary/aromatic N) is 1. The molecule has 1 heterocycles. The predicted molar refractivity (Wildman–Crippen MR) is 150 cm³/mol. The molecule has 7 bridgehead atoms. The normalized spacial score (nSPS) is 51.9. The van der Waals surface area contributed by atoms with E-state index >= 15 is 0 Å². The molecule has 1 aromatic carbocycles. The number of fused-ring (bicyclic) bond motifs is 2. The Morgan fingerprint density at radius 1 is 0.976 bits per heavy atom. The summed E-state index contributed by atoms with van der Waals surface area (Å²) < 4.78 is 30.8. The molecule has 10 nitrogen and oxygen atoms in total. The van der Waals surface area contributed by atoms with Crippen LogP contribution in [-0.4, -0.2) is 122 Å². The number of carbonyl (C=O) groups excluding carboxylic acids is 1. The second-order valence-corrected chi connectivity index (χ2v) is 13.8. The molecule has 6 aliphatic rings. The number of ether oxygens (including phenoxy) is 5. The molecule has 1 aromatic rings. The van der Waals surface area contributed by atoms with E-state index in [0.717, 1.165) is 0 Å². The van der Waals surface area contributed by atoms with E-state index in [-0.39, 0.29) is 36.8 Å². The first-order valence-corrected chi connectivity index (χ1v) is 15.3. The van der Waals surface area contributed by atoms with Gasteiger partial charge in [-0.05, 0) is 31.0 Å². The lowest BCUT2D eigenvalue weighted by molar-refractivity contribution is -0.298. The first-order chi connectivity index (χ1) is 20.1. The van der Waals surface area contributed by atoms with Gasteiger partial charge in [0.1, 0.15) is 11.7 Å². The molecule has 1 aliphatic heterocycles. The Labute approximate surface area is 247 Å². The molecule has 6 fully saturated rings. The Morgan fingerprint density at radius 2 is 1.69 bits per heavy atom. The molecular weight excluding hydrogens is 542 g/mol. The summed E-state index contributed by atoms with van der Waals surface area (Å²) in [6.07, 6.45) is -2.36. The highest BCUT2D eigenvalue weighted by Crippen LogP contribution is 2.80. The molecule has 14 atom stereocenters. The van der Waals surface area contributed by atoms with E-state index in [1.807, 2.05) is 6.07 Å². The lowest BCUT2D eigenvalue weighted by Crippen LogP contribution is -2.79. The topological polar surface area (TPSA) is 127 Å². The third-order valence-corrected chi connectivity index (χ3v) is 12.8. The average Bonchev–Trinajstić information content (AvgIpc) is 3.37. The second-order valence-electron chi connectivity index (χ2n) is 13.8. The first kappa shape index (κ1) is 29.1. The number of hydrogen-bond donors (Lipinski definition) is 3. The average molecular weight is 588 g/mol. The van der Waals surface area contributed by atoms with Gasteiger partial charge in [0.05, 0.1) is 42.2 Å². The number of methoxy groups -OCH3 is 4. The molecule has 0 radical (unpaired) electrons. The Balaban J connectivity index is 1.46.